The molecule has 0 saturated heterocycles. The van der Waals surface area contributed by atoms with E-state index in [0.29, 0.717) is 27.4 Å². The van der Waals surface area contributed by atoms with Crippen molar-refractivity contribution in [1.29, 1.82) is 0 Å². The molecule has 1 unspecified atom stereocenters. The molecular formula is C15H13BrCl2FN. The van der Waals surface area contributed by atoms with Gasteiger partial charge in [-0.2, -0.15) is 0 Å². The largest absolute Gasteiger partial charge is 0.327 e. The Kier molecular flexibility index (Phi) is 5.44. The molecule has 2 N–H and O–H groups in total. The van der Waals surface area contributed by atoms with Gasteiger partial charge in [-0.05, 0) is 58.1 Å². The van der Waals surface area contributed by atoms with Gasteiger partial charge in [0.1, 0.15) is 5.82 Å². The van der Waals surface area contributed by atoms with E-state index in [-0.39, 0.29) is 11.9 Å². The lowest BCUT2D eigenvalue weighted by molar-refractivity contribution is 0.610. The van der Waals surface area contributed by atoms with Crippen molar-refractivity contribution < 1.29 is 4.39 Å². The summed E-state index contributed by atoms with van der Waals surface area (Å²) < 4.78 is 13.9. The summed E-state index contributed by atoms with van der Waals surface area (Å²) in [6, 6.07) is 10.3. The maximum Gasteiger partial charge on any atom is 0.137 e. The van der Waals surface area contributed by atoms with Crippen molar-refractivity contribution in [3.8, 4) is 0 Å². The van der Waals surface area contributed by atoms with E-state index >= 15 is 0 Å². The predicted molar refractivity (Wildman–Crippen MR) is 85.9 cm³/mol. The van der Waals surface area contributed by atoms with E-state index in [4.69, 9.17) is 28.9 Å². The predicted octanol–water partition coefficient (Wildman–Crippen LogP) is 5.01. The normalized spacial score (nSPS) is 12.4. The number of rotatable bonds is 4. The minimum atomic E-state index is -0.274. The lowest BCUT2D eigenvalue weighted by Gasteiger charge is -2.13. The standard InChI is InChI=1S/C15H13BrCl2FN/c16-15-10(2-1-3-14(15)19)8-11(20)6-9-4-5-12(17)13(18)7-9/h1-5,7,11H,6,8,20H2. The molecule has 2 aromatic carbocycles. The molecule has 1 atom stereocenters. The van der Waals surface area contributed by atoms with Gasteiger partial charge in [-0.1, -0.05) is 41.4 Å². The van der Waals surface area contributed by atoms with Gasteiger partial charge >= 0.3 is 0 Å². The lowest BCUT2D eigenvalue weighted by Crippen LogP contribution is -2.25. The van der Waals surface area contributed by atoms with Crippen LogP contribution in [-0.2, 0) is 12.8 Å². The number of benzene rings is 2. The molecule has 0 aliphatic rings. The Morgan fingerprint density at radius 1 is 1.10 bits per heavy atom. The molecule has 5 heteroatoms. The second kappa shape index (κ2) is 6.90. The maximum atomic E-state index is 13.4. The summed E-state index contributed by atoms with van der Waals surface area (Å²) in [7, 11) is 0. The number of hydrogen-bond donors (Lipinski definition) is 1. The third-order valence-corrected chi connectivity index (χ3v) is 4.62. The van der Waals surface area contributed by atoms with Gasteiger partial charge in [-0.3, -0.25) is 0 Å². The number of hydrogen-bond acceptors (Lipinski definition) is 1. The van der Waals surface area contributed by atoms with Crippen LogP contribution in [0.2, 0.25) is 10.0 Å². The molecule has 0 aliphatic heterocycles. The first-order valence-corrected chi connectivity index (χ1v) is 7.64. The molecule has 0 spiro atoms. The van der Waals surface area contributed by atoms with Crippen molar-refractivity contribution in [2.24, 2.45) is 5.73 Å². The van der Waals surface area contributed by atoms with E-state index in [0.717, 1.165) is 11.1 Å². The summed E-state index contributed by atoms with van der Waals surface area (Å²) in [5.41, 5.74) is 8.00. The van der Waals surface area contributed by atoms with E-state index in [1.807, 2.05) is 18.2 Å². The first-order chi connectivity index (χ1) is 9.47. The highest BCUT2D eigenvalue weighted by atomic mass is 79.9. The second-order valence-corrected chi connectivity index (χ2v) is 6.24. The van der Waals surface area contributed by atoms with Crippen LogP contribution in [0.1, 0.15) is 11.1 Å². The Hall–Kier alpha value is -0.610. The van der Waals surface area contributed by atoms with Crippen LogP contribution in [-0.4, -0.2) is 6.04 Å². The average molecular weight is 377 g/mol. The molecule has 1 nitrogen and oxygen atoms in total. The first kappa shape index (κ1) is 15.8. The third kappa shape index (κ3) is 3.95. The van der Waals surface area contributed by atoms with Gasteiger partial charge < -0.3 is 5.73 Å². The van der Waals surface area contributed by atoms with Gasteiger partial charge in [0.25, 0.3) is 0 Å². The highest BCUT2D eigenvalue weighted by Crippen LogP contribution is 2.25. The number of halogens is 4. The first-order valence-electron chi connectivity index (χ1n) is 6.09. The molecule has 0 fully saturated rings. The van der Waals surface area contributed by atoms with Gasteiger partial charge in [-0.15, -0.1) is 0 Å². The van der Waals surface area contributed by atoms with Crippen molar-refractivity contribution in [2.75, 3.05) is 0 Å². The fourth-order valence-corrected chi connectivity index (χ4v) is 2.78. The monoisotopic (exact) mass is 375 g/mol. The SMILES string of the molecule is NC(Cc1ccc(Cl)c(Cl)c1)Cc1cccc(F)c1Br. The summed E-state index contributed by atoms with van der Waals surface area (Å²) in [5, 5.41) is 1.04. The molecular weight excluding hydrogens is 364 g/mol. The smallest absolute Gasteiger partial charge is 0.137 e. The van der Waals surface area contributed by atoms with Crippen LogP contribution in [0.15, 0.2) is 40.9 Å². The molecule has 2 rings (SSSR count). The lowest BCUT2D eigenvalue weighted by atomic mass is 10.00. The summed E-state index contributed by atoms with van der Waals surface area (Å²) in [5.74, 6) is -0.274. The molecule has 0 amide bonds. The van der Waals surface area contributed by atoms with Crippen molar-refractivity contribution in [1.82, 2.24) is 0 Å². The average Bonchev–Trinajstić information content (AvgIpc) is 2.39. The van der Waals surface area contributed by atoms with Crippen molar-refractivity contribution >= 4 is 39.1 Å². The Morgan fingerprint density at radius 2 is 1.85 bits per heavy atom. The van der Waals surface area contributed by atoms with Crippen LogP contribution < -0.4 is 5.73 Å². The van der Waals surface area contributed by atoms with Gasteiger partial charge in [0.2, 0.25) is 0 Å². The zero-order chi connectivity index (χ0) is 14.7. The molecule has 0 aromatic heterocycles. The quantitative estimate of drug-likeness (QED) is 0.797. The minimum absolute atomic E-state index is 0.120. The second-order valence-electron chi connectivity index (χ2n) is 4.63. The van der Waals surface area contributed by atoms with Crippen molar-refractivity contribution in [2.45, 2.75) is 18.9 Å². The Bertz CT molecular complexity index is 619. The van der Waals surface area contributed by atoms with Gasteiger partial charge in [0.05, 0.1) is 14.5 Å². The molecule has 0 bridgehead atoms. The Morgan fingerprint density at radius 3 is 2.55 bits per heavy atom. The van der Waals surface area contributed by atoms with E-state index in [1.165, 1.54) is 6.07 Å². The van der Waals surface area contributed by atoms with E-state index in [2.05, 4.69) is 15.9 Å². The molecule has 0 aliphatic carbocycles. The molecule has 106 valence electrons. The van der Waals surface area contributed by atoms with E-state index in [1.54, 1.807) is 12.1 Å². The molecule has 0 radical (unpaired) electrons. The topological polar surface area (TPSA) is 26.0 Å². The van der Waals surface area contributed by atoms with Crippen LogP contribution in [0.25, 0.3) is 0 Å². The van der Waals surface area contributed by atoms with Gasteiger partial charge in [-0.25, -0.2) is 4.39 Å². The molecule has 0 heterocycles. The highest BCUT2D eigenvalue weighted by Gasteiger charge is 2.11. The maximum absolute atomic E-state index is 13.4. The molecule has 20 heavy (non-hydrogen) atoms. The summed E-state index contributed by atoms with van der Waals surface area (Å²) >= 11 is 15.1. The Balaban J connectivity index is 2.07. The van der Waals surface area contributed by atoms with E-state index in [9.17, 15) is 4.39 Å². The molecule has 0 saturated carbocycles. The zero-order valence-electron chi connectivity index (χ0n) is 10.5. The van der Waals surface area contributed by atoms with Crippen LogP contribution in [0.3, 0.4) is 0 Å². The highest BCUT2D eigenvalue weighted by molar-refractivity contribution is 9.10. The Labute approximate surface area is 136 Å². The number of nitrogens with two attached hydrogens (primary N) is 1. The van der Waals surface area contributed by atoms with Gasteiger partial charge in [0.15, 0.2) is 0 Å². The van der Waals surface area contributed by atoms with Crippen LogP contribution in [0.5, 0.6) is 0 Å². The van der Waals surface area contributed by atoms with Gasteiger partial charge in [0, 0.05) is 6.04 Å². The molecule has 2 aromatic rings. The zero-order valence-corrected chi connectivity index (χ0v) is 13.6. The summed E-state index contributed by atoms with van der Waals surface area (Å²) in [6.07, 6.45) is 1.23. The summed E-state index contributed by atoms with van der Waals surface area (Å²) in [6.45, 7) is 0. The van der Waals surface area contributed by atoms with Crippen molar-refractivity contribution in [3.05, 3.63) is 67.9 Å². The van der Waals surface area contributed by atoms with Crippen LogP contribution >= 0.6 is 39.1 Å². The fraction of sp³-hybridized carbons (Fsp3) is 0.200. The van der Waals surface area contributed by atoms with Crippen LogP contribution in [0.4, 0.5) is 4.39 Å². The minimum Gasteiger partial charge on any atom is -0.327 e. The van der Waals surface area contributed by atoms with E-state index < -0.39 is 0 Å². The van der Waals surface area contributed by atoms with Crippen molar-refractivity contribution in [3.63, 3.8) is 0 Å². The van der Waals surface area contributed by atoms with Crippen LogP contribution in [0, 0.1) is 5.82 Å². The summed E-state index contributed by atoms with van der Waals surface area (Å²) in [4.78, 5) is 0. The third-order valence-electron chi connectivity index (χ3n) is 3.00. The fourth-order valence-electron chi connectivity index (χ4n) is 2.03.